The zero-order valence-electron chi connectivity index (χ0n) is 11.9. The lowest BCUT2D eigenvalue weighted by molar-refractivity contribution is -0.121. The number of amides is 1. The SMILES string of the molecule is C[C@H]1CC(NCCCC(=O)NC2CC2)c2ccsc2S1. The first-order valence-corrected chi connectivity index (χ1v) is 9.25. The summed E-state index contributed by atoms with van der Waals surface area (Å²) < 4.78 is 1.47. The Morgan fingerprint density at radius 1 is 1.45 bits per heavy atom. The quantitative estimate of drug-likeness (QED) is 0.792. The highest BCUT2D eigenvalue weighted by Crippen LogP contribution is 2.43. The van der Waals surface area contributed by atoms with E-state index in [0.29, 0.717) is 23.8 Å². The first-order chi connectivity index (χ1) is 9.72. The van der Waals surface area contributed by atoms with Crippen LogP contribution in [-0.4, -0.2) is 23.7 Å². The molecule has 2 N–H and O–H groups in total. The average molecular weight is 310 g/mol. The van der Waals surface area contributed by atoms with Crippen LogP contribution in [0.4, 0.5) is 0 Å². The fraction of sp³-hybridized carbons (Fsp3) is 0.667. The van der Waals surface area contributed by atoms with E-state index in [1.807, 2.05) is 23.1 Å². The third-order valence-corrected chi connectivity index (χ3v) is 6.17. The maximum atomic E-state index is 11.6. The van der Waals surface area contributed by atoms with Gasteiger partial charge >= 0.3 is 0 Å². The van der Waals surface area contributed by atoms with Crippen molar-refractivity contribution in [1.82, 2.24) is 10.6 Å². The lowest BCUT2D eigenvalue weighted by atomic mass is 10.0. The molecule has 1 unspecified atom stereocenters. The molecule has 0 spiro atoms. The molecule has 3 rings (SSSR count). The molecular formula is C15H22N2OS2. The first-order valence-electron chi connectivity index (χ1n) is 7.49. The van der Waals surface area contributed by atoms with Crippen molar-refractivity contribution in [2.75, 3.05) is 6.54 Å². The molecule has 0 radical (unpaired) electrons. The maximum Gasteiger partial charge on any atom is 0.220 e. The van der Waals surface area contributed by atoms with Gasteiger partial charge in [0.05, 0.1) is 4.21 Å². The molecule has 1 aromatic rings. The molecule has 2 aliphatic rings. The van der Waals surface area contributed by atoms with Crippen molar-refractivity contribution in [3.8, 4) is 0 Å². The predicted molar refractivity (Wildman–Crippen MR) is 85.4 cm³/mol. The molecule has 0 aromatic carbocycles. The van der Waals surface area contributed by atoms with E-state index < -0.39 is 0 Å². The summed E-state index contributed by atoms with van der Waals surface area (Å²) in [6.07, 6.45) is 5.10. The van der Waals surface area contributed by atoms with Crippen LogP contribution in [0.15, 0.2) is 15.7 Å². The lowest BCUT2D eigenvalue weighted by Crippen LogP contribution is -2.29. The second-order valence-electron chi connectivity index (χ2n) is 5.78. The summed E-state index contributed by atoms with van der Waals surface area (Å²) >= 11 is 3.84. The van der Waals surface area contributed by atoms with Crippen molar-refractivity contribution in [1.29, 1.82) is 0 Å². The molecule has 110 valence electrons. The fourth-order valence-electron chi connectivity index (χ4n) is 2.60. The van der Waals surface area contributed by atoms with Crippen molar-refractivity contribution in [2.45, 2.75) is 60.6 Å². The highest BCUT2D eigenvalue weighted by Gasteiger charge is 2.26. The highest BCUT2D eigenvalue weighted by molar-refractivity contribution is 8.01. The Kier molecular flexibility index (Phi) is 4.68. The molecule has 2 atom stereocenters. The summed E-state index contributed by atoms with van der Waals surface area (Å²) in [5, 5.41) is 9.54. The van der Waals surface area contributed by atoms with Crippen LogP contribution in [0.3, 0.4) is 0 Å². The molecule has 20 heavy (non-hydrogen) atoms. The maximum absolute atomic E-state index is 11.6. The van der Waals surface area contributed by atoms with Gasteiger partial charge in [0.15, 0.2) is 0 Å². The fourth-order valence-corrected chi connectivity index (χ4v) is 5.16. The van der Waals surface area contributed by atoms with Gasteiger partial charge in [-0.15, -0.1) is 23.1 Å². The highest BCUT2D eigenvalue weighted by atomic mass is 32.2. The summed E-state index contributed by atoms with van der Waals surface area (Å²) in [6.45, 7) is 3.22. The van der Waals surface area contributed by atoms with Gasteiger partial charge in [0.25, 0.3) is 0 Å². The number of carbonyl (C=O) groups excluding carboxylic acids is 1. The van der Waals surface area contributed by atoms with E-state index in [4.69, 9.17) is 0 Å². The number of carbonyl (C=O) groups is 1. The molecule has 3 nitrogen and oxygen atoms in total. The third kappa shape index (κ3) is 3.77. The van der Waals surface area contributed by atoms with Crippen LogP contribution in [0.2, 0.25) is 0 Å². The second-order valence-corrected chi connectivity index (χ2v) is 8.40. The Morgan fingerprint density at radius 2 is 2.30 bits per heavy atom. The van der Waals surface area contributed by atoms with Crippen molar-refractivity contribution in [2.24, 2.45) is 0 Å². The number of hydrogen-bond acceptors (Lipinski definition) is 4. The minimum Gasteiger partial charge on any atom is -0.353 e. The average Bonchev–Trinajstić information content (AvgIpc) is 3.09. The van der Waals surface area contributed by atoms with Crippen LogP contribution in [0.1, 0.15) is 50.6 Å². The lowest BCUT2D eigenvalue weighted by Gasteiger charge is -2.27. The molecule has 0 bridgehead atoms. The normalized spacial score (nSPS) is 25.2. The topological polar surface area (TPSA) is 41.1 Å². The Morgan fingerprint density at radius 3 is 3.10 bits per heavy atom. The Labute approximate surface area is 128 Å². The monoisotopic (exact) mass is 310 g/mol. The first kappa shape index (κ1) is 14.4. The van der Waals surface area contributed by atoms with Gasteiger partial charge < -0.3 is 10.6 Å². The Hall–Kier alpha value is -0.520. The minimum absolute atomic E-state index is 0.220. The van der Waals surface area contributed by atoms with Crippen LogP contribution >= 0.6 is 23.1 Å². The van der Waals surface area contributed by atoms with E-state index in [-0.39, 0.29) is 5.91 Å². The van der Waals surface area contributed by atoms with Crippen molar-refractivity contribution in [3.63, 3.8) is 0 Å². The number of thioether (sulfide) groups is 1. The molecule has 1 aromatic heterocycles. The molecule has 1 saturated carbocycles. The van der Waals surface area contributed by atoms with Gasteiger partial charge in [-0.2, -0.15) is 0 Å². The van der Waals surface area contributed by atoms with Crippen LogP contribution < -0.4 is 10.6 Å². The summed E-state index contributed by atoms with van der Waals surface area (Å²) in [4.78, 5) is 11.6. The standard InChI is InChI=1S/C15H22N2OS2/c1-10-9-13(12-6-8-19-15(12)20-10)16-7-2-3-14(18)17-11-4-5-11/h6,8,10-11,13,16H,2-5,7,9H2,1H3,(H,17,18)/t10-,13?/m0/s1. The smallest absolute Gasteiger partial charge is 0.220 e. The van der Waals surface area contributed by atoms with Crippen molar-refractivity contribution < 1.29 is 4.79 Å². The predicted octanol–water partition coefficient (Wildman–Crippen LogP) is 3.32. The van der Waals surface area contributed by atoms with Crippen molar-refractivity contribution in [3.05, 3.63) is 17.0 Å². The van der Waals surface area contributed by atoms with Crippen LogP contribution in [0.5, 0.6) is 0 Å². The van der Waals surface area contributed by atoms with E-state index in [9.17, 15) is 4.79 Å². The molecule has 1 fully saturated rings. The van der Waals surface area contributed by atoms with Crippen LogP contribution in [0.25, 0.3) is 0 Å². The molecule has 5 heteroatoms. The van der Waals surface area contributed by atoms with Gasteiger partial charge in [0, 0.05) is 23.8 Å². The van der Waals surface area contributed by atoms with Gasteiger partial charge in [-0.05, 0) is 49.2 Å². The molecule has 1 amide bonds. The summed E-state index contributed by atoms with van der Waals surface area (Å²) in [7, 11) is 0. The molecule has 1 aliphatic heterocycles. The van der Waals surface area contributed by atoms with Gasteiger partial charge in [0.1, 0.15) is 0 Å². The van der Waals surface area contributed by atoms with Gasteiger partial charge in [-0.1, -0.05) is 6.92 Å². The molecular weight excluding hydrogens is 288 g/mol. The number of rotatable bonds is 6. The van der Waals surface area contributed by atoms with E-state index in [1.165, 1.54) is 29.0 Å². The number of fused-ring (bicyclic) bond motifs is 1. The second kappa shape index (κ2) is 6.50. The van der Waals surface area contributed by atoms with Crippen molar-refractivity contribution >= 4 is 29.0 Å². The zero-order valence-corrected chi connectivity index (χ0v) is 13.5. The summed E-state index contributed by atoms with van der Waals surface area (Å²) in [6, 6.07) is 3.20. The van der Waals surface area contributed by atoms with Gasteiger partial charge in [0.2, 0.25) is 5.91 Å². The number of nitrogens with one attached hydrogen (secondary N) is 2. The number of thiophene rings is 1. The molecule has 0 saturated heterocycles. The summed E-state index contributed by atoms with van der Waals surface area (Å²) in [5.41, 5.74) is 1.46. The van der Waals surface area contributed by atoms with Gasteiger partial charge in [-0.25, -0.2) is 0 Å². The number of hydrogen-bond donors (Lipinski definition) is 2. The zero-order chi connectivity index (χ0) is 13.9. The minimum atomic E-state index is 0.220. The van der Waals surface area contributed by atoms with E-state index in [1.54, 1.807) is 0 Å². The largest absolute Gasteiger partial charge is 0.353 e. The Balaban J connectivity index is 1.41. The summed E-state index contributed by atoms with van der Waals surface area (Å²) in [5.74, 6) is 0.220. The third-order valence-electron chi connectivity index (χ3n) is 3.82. The molecule has 2 heterocycles. The van der Waals surface area contributed by atoms with E-state index in [0.717, 1.165) is 13.0 Å². The van der Waals surface area contributed by atoms with E-state index in [2.05, 4.69) is 29.0 Å². The van der Waals surface area contributed by atoms with Crippen LogP contribution in [0, 0.1) is 0 Å². The van der Waals surface area contributed by atoms with Crippen LogP contribution in [-0.2, 0) is 4.79 Å². The van der Waals surface area contributed by atoms with Gasteiger partial charge in [-0.3, -0.25) is 4.79 Å². The molecule has 1 aliphatic carbocycles. The Bertz CT molecular complexity index is 470. The van der Waals surface area contributed by atoms with E-state index >= 15 is 0 Å².